The van der Waals surface area contributed by atoms with Crippen LogP contribution in [0.15, 0.2) is 59.6 Å². The molecule has 0 aromatic heterocycles. The van der Waals surface area contributed by atoms with Gasteiger partial charge in [-0.05, 0) is 54.4 Å². The molecule has 8 atom stereocenters. The summed E-state index contributed by atoms with van der Waals surface area (Å²) in [5, 5.41) is 33.4. The Kier molecular flexibility index (Phi) is 16.1. The second-order valence-electron chi connectivity index (χ2n) is 14.8. The number of phenolic OH excluding ortho intramolecular Hbond substituents is 1. The fourth-order valence-electron chi connectivity index (χ4n) is 6.79. The van der Waals surface area contributed by atoms with Gasteiger partial charge in [0.25, 0.3) is 0 Å². The van der Waals surface area contributed by atoms with Crippen molar-refractivity contribution in [3.8, 4) is 5.75 Å². The minimum atomic E-state index is -1.46. The molecule has 1 fully saturated rings. The molecular weight excluding hydrogens is 736 g/mol. The molecule has 0 radical (unpaired) electrons. The Bertz CT molecular complexity index is 1770. The smallest absolute Gasteiger partial charge is 0.248 e. The number of hydrogen-bond donors (Lipinski definition) is 8. The van der Waals surface area contributed by atoms with Crippen molar-refractivity contribution >= 4 is 47.6 Å². The molecule has 2 heterocycles. The molecule has 0 aliphatic carbocycles. The van der Waals surface area contributed by atoms with Crippen molar-refractivity contribution in [2.75, 3.05) is 19.7 Å². The van der Waals surface area contributed by atoms with E-state index in [0.717, 1.165) is 5.56 Å². The van der Waals surface area contributed by atoms with E-state index in [9.17, 15) is 43.8 Å². The van der Waals surface area contributed by atoms with Crippen molar-refractivity contribution in [2.45, 2.75) is 95.5 Å². The molecule has 7 amide bonds. The number of hydrogen-bond acceptors (Lipinski definition) is 10. The maximum atomic E-state index is 14.1. The van der Waals surface area contributed by atoms with Crippen LogP contribution in [0, 0.1) is 11.8 Å². The highest BCUT2D eigenvalue weighted by Gasteiger charge is 2.42. The molecule has 4 rings (SSSR count). The number of phenols is 1. The lowest BCUT2D eigenvalue weighted by Gasteiger charge is -2.31. The van der Waals surface area contributed by atoms with Crippen molar-refractivity contribution in [3.63, 3.8) is 0 Å². The van der Waals surface area contributed by atoms with E-state index in [0.29, 0.717) is 18.4 Å². The van der Waals surface area contributed by atoms with Crippen LogP contribution in [0.5, 0.6) is 5.75 Å². The molecule has 17 heteroatoms. The summed E-state index contributed by atoms with van der Waals surface area (Å²) in [7, 11) is 0. The summed E-state index contributed by atoms with van der Waals surface area (Å²) in [5.41, 5.74) is 6.83. The third-order valence-electron chi connectivity index (χ3n) is 10.2. The summed E-state index contributed by atoms with van der Waals surface area (Å²) < 4.78 is 0. The molecule has 57 heavy (non-hydrogen) atoms. The van der Waals surface area contributed by atoms with Crippen LogP contribution in [0.2, 0.25) is 0 Å². The molecule has 2 aromatic rings. The second kappa shape index (κ2) is 20.9. The quantitative estimate of drug-likeness (QED) is 0.150. The minimum Gasteiger partial charge on any atom is -0.508 e. The first-order valence-electron chi connectivity index (χ1n) is 19.2. The zero-order valence-electron chi connectivity index (χ0n) is 32.5. The first-order valence-corrected chi connectivity index (χ1v) is 19.2. The number of aliphatic hydroxyl groups excluding tert-OH is 1. The predicted molar refractivity (Wildman–Crippen MR) is 209 cm³/mol. The maximum Gasteiger partial charge on any atom is 0.248 e. The molecule has 2 aromatic carbocycles. The lowest BCUT2D eigenvalue weighted by Crippen LogP contribution is -2.60. The van der Waals surface area contributed by atoms with Gasteiger partial charge in [-0.15, -0.1) is 0 Å². The fourth-order valence-corrected chi connectivity index (χ4v) is 6.79. The van der Waals surface area contributed by atoms with E-state index in [1.807, 2.05) is 37.3 Å². The largest absolute Gasteiger partial charge is 0.508 e. The Labute approximate surface area is 331 Å². The van der Waals surface area contributed by atoms with Gasteiger partial charge >= 0.3 is 0 Å². The Morgan fingerprint density at radius 1 is 0.877 bits per heavy atom. The van der Waals surface area contributed by atoms with Gasteiger partial charge in [0.05, 0.1) is 19.2 Å². The highest BCUT2D eigenvalue weighted by atomic mass is 16.3. The van der Waals surface area contributed by atoms with Gasteiger partial charge in [-0.1, -0.05) is 69.7 Å². The topological polar surface area (TPSA) is 262 Å². The Hall–Kier alpha value is -5.84. The standard InChI is InChI=1S/C40H54N8O9/c1-4-24(3)35-39(56)46-31(22-49)40(57)48-21-23(2)16-32(48)38(55)44-27(17-25-8-6-5-7-9-25)19-42-30(18-26-10-12-28(50)13-11-26)36(53)43-20-34(52)45-29(37(54)47-35)14-15-33(41)51/h5-13,19,23-24,27,29-32,35,49-50H,4,14-18,20-22H2,1-3H3,(H2,41,51)(H,43,53)(H,44,55)(H,45,52)(H,46,56)(H,47,54)/t23-,24-,27-,29+,30-,31-,32-,35-/m0/s1. The molecule has 0 saturated carbocycles. The summed E-state index contributed by atoms with van der Waals surface area (Å²) in [4.78, 5) is 100. The monoisotopic (exact) mass is 790 g/mol. The third-order valence-corrected chi connectivity index (χ3v) is 10.2. The highest BCUT2D eigenvalue weighted by Crippen LogP contribution is 2.24. The van der Waals surface area contributed by atoms with Crippen LogP contribution in [0.1, 0.15) is 57.6 Å². The molecule has 0 bridgehead atoms. The number of amides is 7. The number of nitrogens with one attached hydrogen (secondary N) is 5. The zero-order valence-corrected chi connectivity index (χ0v) is 32.5. The summed E-state index contributed by atoms with van der Waals surface area (Å²) in [6, 6.07) is 8.50. The van der Waals surface area contributed by atoms with E-state index in [2.05, 4.69) is 31.6 Å². The molecule has 17 nitrogen and oxygen atoms in total. The van der Waals surface area contributed by atoms with Crippen molar-refractivity contribution in [1.29, 1.82) is 0 Å². The van der Waals surface area contributed by atoms with Gasteiger partial charge in [-0.3, -0.25) is 38.6 Å². The molecule has 2 aliphatic heterocycles. The van der Waals surface area contributed by atoms with E-state index in [-0.39, 0.29) is 43.9 Å². The molecular formula is C40H54N8O9. The predicted octanol–water partition coefficient (Wildman–Crippen LogP) is -0.773. The number of nitrogens with two attached hydrogens (primary N) is 1. The Morgan fingerprint density at radius 3 is 2.21 bits per heavy atom. The average molecular weight is 791 g/mol. The number of aliphatic hydroxyl groups is 1. The number of nitrogens with zero attached hydrogens (tertiary/aromatic N) is 2. The average Bonchev–Trinajstić information content (AvgIpc) is 3.59. The van der Waals surface area contributed by atoms with Gasteiger partial charge in [0.2, 0.25) is 41.4 Å². The zero-order chi connectivity index (χ0) is 41.6. The van der Waals surface area contributed by atoms with E-state index >= 15 is 0 Å². The van der Waals surface area contributed by atoms with Crippen LogP contribution in [0.4, 0.5) is 0 Å². The lowest BCUT2D eigenvalue weighted by molar-refractivity contribution is -0.143. The number of primary amides is 1. The SMILES string of the molecule is CC[C@H](C)[C@@H]1NC(=O)[C@@H](CCC(N)=O)NC(=O)CNC(=O)[C@H](Cc2ccc(O)cc2)N=C[C@H](Cc2ccccc2)NC(=O)[C@@H]2C[C@H](C)CN2C(=O)[C@H](CO)NC1=O. The molecule has 0 spiro atoms. The number of aliphatic imine (C=N–C) groups is 1. The van der Waals surface area contributed by atoms with Gasteiger partial charge in [-0.25, -0.2) is 0 Å². The number of fused-ring (bicyclic) bond motifs is 1. The Balaban J connectivity index is 1.75. The first kappa shape index (κ1) is 43.9. The first-order chi connectivity index (χ1) is 27.2. The van der Waals surface area contributed by atoms with Gasteiger partial charge in [0, 0.05) is 25.6 Å². The van der Waals surface area contributed by atoms with E-state index in [4.69, 9.17) is 5.73 Å². The van der Waals surface area contributed by atoms with Crippen LogP contribution < -0.4 is 32.3 Å². The van der Waals surface area contributed by atoms with Crippen LogP contribution in [0.25, 0.3) is 0 Å². The van der Waals surface area contributed by atoms with Crippen LogP contribution in [-0.4, -0.2) is 119 Å². The fraction of sp³-hybridized carbons (Fsp3) is 0.500. The summed E-state index contributed by atoms with van der Waals surface area (Å²) >= 11 is 0. The molecule has 9 N–H and O–H groups in total. The van der Waals surface area contributed by atoms with Crippen LogP contribution in [-0.2, 0) is 46.4 Å². The number of benzene rings is 2. The van der Waals surface area contributed by atoms with E-state index < -0.39 is 96.7 Å². The maximum absolute atomic E-state index is 14.1. The van der Waals surface area contributed by atoms with Gasteiger partial charge < -0.3 is 47.4 Å². The number of aromatic hydroxyl groups is 1. The molecule has 2 aliphatic rings. The number of rotatable bonds is 10. The summed E-state index contributed by atoms with van der Waals surface area (Å²) in [6.07, 6.45) is 1.94. The van der Waals surface area contributed by atoms with Gasteiger partial charge in [0.15, 0.2) is 0 Å². The van der Waals surface area contributed by atoms with E-state index in [1.54, 1.807) is 26.0 Å². The lowest BCUT2D eigenvalue weighted by atomic mass is 9.97. The number of carbonyl (C=O) groups excluding carboxylic acids is 7. The second-order valence-corrected chi connectivity index (χ2v) is 14.8. The molecule has 1 saturated heterocycles. The molecule has 308 valence electrons. The summed E-state index contributed by atoms with van der Waals surface area (Å²) in [5.74, 6) is -5.56. The van der Waals surface area contributed by atoms with Crippen molar-refractivity contribution in [3.05, 3.63) is 65.7 Å². The van der Waals surface area contributed by atoms with Crippen molar-refractivity contribution in [2.24, 2.45) is 22.6 Å². The summed E-state index contributed by atoms with van der Waals surface area (Å²) in [6.45, 7) is 4.14. The van der Waals surface area contributed by atoms with Crippen LogP contribution in [0.3, 0.4) is 0 Å². The number of carbonyl (C=O) groups is 7. The molecule has 0 unspecified atom stereocenters. The van der Waals surface area contributed by atoms with Gasteiger partial charge in [0.1, 0.15) is 36.0 Å². The van der Waals surface area contributed by atoms with Gasteiger partial charge in [-0.2, -0.15) is 0 Å². The van der Waals surface area contributed by atoms with Crippen LogP contribution >= 0.6 is 0 Å². The van der Waals surface area contributed by atoms with E-state index in [1.165, 1.54) is 23.2 Å². The normalized spacial score (nSPS) is 26.2. The minimum absolute atomic E-state index is 0.0190. The highest BCUT2D eigenvalue weighted by molar-refractivity contribution is 5.97. The third kappa shape index (κ3) is 12.8. The Morgan fingerprint density at radius 2 is 1.56 bits per heavy atom. The van der Waals surface area contributed by atoms with Crippen molar-refractivity contribution < 1.29 is 43.8 Å². The van der Waals surface area contributed by atoms with Crippen molar-refractivity contribution in [1.82, 2.24) is 31.5 Å².